The van der Waals surface area contributed by atoms with Gasteiger partial charge in [-0.3, -0.25) is 5.41 Å². The normalized spacial score (nSPS) is 9.22. The minimum absolute atomic E-state index is 0.750. The Morgan fingerprint density at radius 3 is 2.33 bits per heavy atom. The molecule has 0 aliphatic carbocycles. The van der Waals surface area contributed by atoms with Gasteiger partial charge in [0.1, 0.15) is 0 Å². The van der Waals surface area contributed by atoms with Crippen LogP contribution in [0.1, 0.15) is 26.7 Å². The fraction of sp³-hybridized carbons (Fsp3) is 0.857. The summed E-state index contributed by atoms with van der Waals surface area (Å²) in [6, 6.07) is 0. The molecule has 0 fully saturated rings. The number of nitrogens with one attached hydrogen (secondary N) is 1. The van der Waals surface area contributed by atoms with Gasteiger partial charge in [-0.1, -0.05) is 6.92 Å². The zero-order valence-corrected chi connectivity index (χ0v) is 6.57. The lowest BCUT2D eigenvalue weighted by Gasteiger charge is -2.16. The second-order valence-corrected chi connectivity index (χ2v) is 2.21. The van der Waals surface area contributed by atoms with E-state index in [0.29, 0.717) is 0 Å². The first-order valence-electron chi connectivity index (χ1n) is 3.50. The van der Waals surface area contributed by atoms with E-state index in [4.69, 9.17) is 5.41 Å². The molecule has 0 heterocycles. The molecule has 0 aromatic rings. The predicted octanol–water partition coefficient (Wildman–Crippen LogP) is 1.72. The van der Waals surface area contributed by atoms with Gasteiger partial charge >= 0.3 is 0 Å². The molecule has 54 valence electrons. The molecule has 0 unspecified atom stereocenters. The van der Waals surface area contributed by atoms with Crippen LogP contribution in [-0.4, -0.2) is 24.3 Å². The molecular weight excluding hydrogens is 112 g/mol. The van der Waals surface area contributed by atoms with E-state index in [2.05, 4.69) is 13.8 Å². The highest BCUT2D eigenvalue weighted by Crippen LogP contribution is 1.93. The van der Waals surface area contributed by atoms with E-state index in [1.165, 1.54) is 0 Å². The average molecular weight is 128 g/mol. The Morgan fingerprint density at radius 1 is 1.44 bits per heavy atom. The Balaban J connectivity index is 3.46. The largest absolute Gasteiger partial charge is 0.364 e. The Bertz CT molecular complexity index is 88.9. The maximum atomic E-state index is 7.42. The second kappa shape index (κ2) is 4.36. The van der Waals surface area contributed by atoms with Crippen LogP contribution in [0.3, 0.4) is 0 Å². The van der Waals surface area contributed by atoms with Crippen molar-refractivity contribution in [1.82, 2.24) is 4.90 Å². The predicted molar refractivity (Wildman–Crippen MR) is 40.9 cm³/mol. The average Bonchev–Trinajstić information content (AvgIpc) is 1.87. The third-order valence-electron chi connectivity index (χ3n) is 1.42. The number of hydrogen-bond donors (Lipinski definition) is 1. The summed E-state index contributed by atoms with van der Waals surface area (Å²) in [7, 11) is 1.96. The summed E-state index contributed by atoms with van der Waals surface area (Å²) >= 11 is 0. The van der Waals surface area contributed by atoms with Crippen molar-refractivity contribution in [2.24, 2.45) is 0 Å². The van der Waals surface area contributed by atoms with Crippen LogP contribution in [0, 0.1) is 5.41 Å². The molecule has 0 saturated heterocycles. The topological polar surface area (TPSA) is 27.1 Å². The molecule has 0 aromatic heterocycles. The van der Waals surface area contributed by atoms with Crippen LogP contribution >= 0.6 is 0 Å². The zero-order chi connectivity index (χ0) is 7.28. The molecule has 0 aliphatic heterocycles. The van der Waals surface area contributed by atoms with Crippen molar-refractivity contribution < 1.29 is 0 Å². The van der Waals surface area contributed by atoms with Gasteiger partial charge in [0.25, 0.3) is 0 Å². The molecule has 0 atom stereocenters. The fourth-order valence-corrected chi connectivity index (χ4v) is 0.619. The molecular formula is C7H16N2. The van der Waals surface area contributed by atoms with Gasteiger partial charge in [0.05, 0.1) is 5.84 Å². The quantitative estimate of drug-likeness (QED) is 0.454. The van der Waals surface area contributed by atoms with Crippen LogP contribution in [0.25, 0.3) is 0 Å². The molecule has 1 N–H and O–H groups in total. The van der Waals surface area contributed by atoms with Gasteiger partial charge in [-0.05, 0) is 13.3 Å². The van der Waals surface area contributed by atoms with Crippen LogP contribution in [0.15, 0.2) is 0 Å². The van der Waals surface area contributed by atoms with Crippen LogP contribution in [-0.2, 0) is 0 Å². The molecule has 0 aromatic carbocycles. The third-order valence-corrected chi connectivity index (χ3v) is 1.42. The Hall–Kier alpha value is -0.530. The molecule has 2 heteroatoms. The van der Waals surface area contributed by atoms with Crippen LogP contribution in [0.2, 0.25) is 0 Å². The summed E-state index contributed by atoms with van der Waals surface area (Å²) in [6.07, 6.45) is 1.98. The van der Waals surface area contributed by atoms with Gasteiger partial charge in [0.15, 0.2) is 0 Å². The summed E-state index contributed by atoms with van der Waals surface area (Å²) < 4.78 is 0. The minimum Gasteiger partial charge on any atom is -0.364 e. The van der Waals surface area contributed by atoms with E-state index < -0.39 is 0 Å². The highest BCUT2D eigenvalue weighted by atomic mass is 15.1. The number of nitrogens with zero attached hydrogens (tertiary/aromatic N) is 1. The van der Waals surface area contributed by atoms with Crippen LogP contribution in [0.4, 0.5) is 0 Å². The first-order chi connectivity index (χ1) is 4.22. The standard InChI is InChI=1S/C7H16N2/c1-4-6-7(8)9(3)5-2/h8H,4-6H2,1-3H3. The molecule has 0 spiro atoms. The molecule has 0 aliphatic rings. The maximum Gasteiger partial charge on any atom is 0.0954 e. The molecule has 0 bridgehead atoms. The summed E-state index contributed by atoms with van der Waals surface area (Å²) in [6.45, 7) is 5.10. The lowest BCUT2D eigenvalue weighted by Crippen LogP contribution is -2.24. The van der Waals surface area contributed by atoms with Crippen molar-refractivity contribution in [1.29, 1.82) is 5.41 Å². The fourth-order valence-electron chi connectivity index (χ4n) is 0.619. The minimum atomic E-state index is 0.750. The first kappa shape index (κ1) is 8.47. The lowest BCUT2D eigenvalue weighted by atomic mass is 10.3. The summed E-state index contributed by atoms with van der Waals surface area (Å²) in [5.74, 6) is 0.750. The lowest BCUT2D eigenvalue weighted by molar-refractivity contribution is 0.516. The third kappa shape index (κ3) is 3.12. The van der Waals surface area contributed by atoms with Crippen molar-refractivity contribution in [3.63, 3.8) is 0 Å². The van der Waals surface area contributed by atoms with E-state index in [1.54, 1.807) is 0 Å². The van der Waals surface area contributed by atoms with Crippen molar-refractivity contribution in [3.05, 3.63) is 0 Å². The van der Waals surface area contributed by atoms with Gasteiger partial charge in [-0.25, -0.2) is 0 Å². The molecule has 0 saturated carbocycles. The number of hydrogen-bond acceptors (Lipinski definition) is 1. The smallest absolute Gasteiger partial charge is 0.0954 e. The highest BCUT2D eigenvalue weighted by molar-refractivity contribution is 5.78. The van der Waals surface area contributed by atoms with E-state index in [9.17, 15) is 0 Å². The monoisotopic (exact) mass is 128 g/mol. The number of amidine groups is 1. The summed E-state index contributed by atoms with van der Waals surface area (Å²) in [5, 5.41) is 7.42. The molecule has 0 radical (unpaired) electrons. The van der Waals surface area contributed by atoms with Gasteiger partial charge in [-0.15, -0.1) is 0 Å². The van der Waals surface area contributed by atoms with Crippen molar-refractivity contribution in [3.8, 4) is 0 Å². The summed E-state index contributed by atoms with van der Waals surface area (Å²) in [4.78, 5) is 1.96. The molecule has 0 rings (SSSR count). The van der Waals surface area contributed by atoms with Crippen LogP contribution in [0.5, 0.6) is 0 Å². The SMILES string of the molecule is CCCC(=N)N(C)CC. The maximum absolute atomic E-state index is 7.42. The van der Waals surface area contributed by atoms with E-state index in [-0.39, 0.29) is 0 Å². The van der Waals surface area contributed by atoms with E-state index in [0.717, 1.165) is 25.2 Å². The van der Waals surface area contributed by atoms with Gasteiger partial charge in [0.2, 0.25) is 0 Å². The van der Waals surface area contributed by atoms with Gasteiger partial charge < -0.3 is 4.90 Å². The molecule has 0 amide bonds. The van der Waals surface area contributed by atoms with Crippen molar-refractivity contribution in [2.75, 3.05) is 13.6 Å². The molecule has 9 heavy (non-hydrogen) atoms. The van der Waals surface area contributed by atoms with Gasteiger partial charge in [0, 0.05) is 20.0 Å². The first-order valence-corrected chi connectivity index (χ1v) is 3.50. The Morgan fingerprint density at radius 2 is 2.00 bits per heavy atom. The van der Waals surface area contributed by atoms with Crippen molar-refractivity contribution in [2.45, 2.75) is 26.7 Å². The number of rotatable bonds is 3. The van der Waals surface area contributed by atoms with Crippen molar-refractivity contribution >= 4 is 5.84 Å². The van der Waals surface area contributed by atoms with Gasteiger partial charge in [-0.2, -0.15) is 0 Å². The zero-order valence-electron chi connectivity index (χ0n) is 6.57. The van der Waals surface area contributed by atoms with E-state index in [1.807, 2.05) is 11.9 Å². The highest BCUT2D eigenvalue weighted by Gasteiger charge is 1.97. The molecule has 2 nitrogen and oxygen atoms in total. The van der Waals surface area contributed by atoms with E-state index >= 15 is 0 Å². The summed E-state index contributed by atoms with van der Waals surface area (Å²) in [5.41, 5.74) is 0. The van der Waals surface area contributed by atoms with Crippen LogP contribution < -0.4 is 0 Å². The Kier molecular flexibility index (Phi) is 4.10. The second-order valence-electron chi connectivity index (χ2n) is 2.21. The Labute approximate surface area is 57.4 Å².